The van der Waals surface area contributed by atoms with E-state index in [9.17, 15) is 14.9 Å². The number of pyridine rings is 2. The van der Waals surface area contributed by atoms with Gasteiger partial charge in [-0.25, -0.2) is 4.98 Å². The van der Waals surface area contributed by atoms with Gasteiger partial charge in [-0.1, -0.05) is 29.8 Å². The van der Waals surface area contributed by atoms with Crippen LogP contribution >= 0.6 is 11.6 Å². The van der Waals surface area contributed by atoms with Gasteiger partial charge < -0.3 is 4.57 Å². The van der Waals surface area contributed by atoms with Gasteiger partial charge in [0.05, 0.1) is 23.2 Å². The highest BCUT2D eigenvalue weighted by atomic mass is 35.5. The van der Waals surface area contributed by atoms with E-state index in [1.165, 1.54) is 22.9 Å². The Balaban J connectivity index is 2.06. The molecule has 3 rings (SSSR count). The number of fused-ring (bicyclic) bond motifs is 1. The van der Waals surface area contributed by atoms with Gasteiger partial charge in [0.15, 0.2) is 0 Å². The normalized spacial score (nSPS) is 10.8. The molecule has 0 bridgehead atoms. The molecule has 2 aromatic heterocycles. The van der Waals surface area contributed by atoms with Crippen LogP contribution in [-0.4, -0.2) is 14.5 Å². The molecule has 0 aliphatic carbocycles. The lowest BCUT2D eigenvalue weighted by molar-refractivity contribution is -0.385. The van der Waals surface area contributed by atoms with Crippen molar-refractivity contribution in [3.8, 4) is 0 Å². The molecular formula is C15H10ClN3O3. The largest absolute Gasteiger partial charge is 0.304 e. The first-order valence-corrected chi connectivity index (χ1v) is 6.81. The number of benzene rings is 1. The maximum Gasteiger partial charge on any atom is 0.285 e. The summed E-state index contributed by atoms with van der Waals surface area (Å²) in [4.78, 5) is 26.4. The quantitative estimate of drug-likeness (QED) is 0.423. The lowest BCUT2D eigenvalue weighted by atomic mass is 10.1. The van der Waals surface area contributed by atoms with Crippen LogP contribution in [0.25, 0.3) is 10.9 Å². The summed E-state index contributed by atoms with van der Waals surface area (Å²) < 4.78 is 1.25. The molecule has 0 amide bonds. The number of para-hydroxylation sites is 1. The summed E-state index contributed by atoms with van der Waals surface area (Å²) >= 11 is 6.15. The number of nitrogens with zero attached hydrogens (tertiary/aromatic N) is 3. The number of hydrogen-bond acceptors (Lipinski definition) is 4. The van der Waals surface area contributed by atoms with E-state index in [1.807, 2.05) is 30.3 Å². The topological polar surface area (TPSA) is 78.0 Å². The van der Waals surface area contributed by atoms with E-state index in [1.54, 1.807) is 0 Å². The maximum atomic E-state index is 11.9. The third-order valence-electron chi connectivity index (χ3n) is 3.27. The minimum atomic E-state index is -0.545. The summed E-state index contributed by atoms with van der Waals surface area (Å²) in [7, 11) is 0. The van der Waals surface area contributed by atoms with Gasteiger partial charge in [-0.05, 0) is 12.1 Å². The Hall–Kier alpha value is -2.73. The van der Waals surface area contributed by atoms with Gasteiger partial charge in [-0.2, -0.15) is 0 Å². The number of halogens is 1. The molecule has 110 valence electrons. The molecule has 22 heavy (non-hydrogen) atoms. The van der Waals surface area contributed by atoms with E-state index < -0.39 is 4.92 Å². The zero-order valence-corrected chi connectivity index (χ0v) is 12.0. The van der Waals surface area contributed by atoms with Gasteiger partial charge in [0.2, 0.25) is 0 Å². The Morgan fingerprint density at radius 3 is 2.77 bits per heavy atom. The van der Waals surface area contributed by atoms with Crippen LogP contribution in [0.3, 0.4) is 0 Å². The molecule has 0 radical (unpaired) electrons. The van der Waals surface area contributed by atoms with E-state index in [0.717, 1.165) is 10.9 Å². The summed E-state index contributed by atoms with van der Waals surface area (Å²) in [5, 5.41) is 12.0. The lowest BCUT2D eigenvalue weighted by Crippen LogP contribution is -2.19. The van der Waals surface area contributed by atoms with Crippen LogP contribution in [0.4, 0.5) is 5.69 Å². The fraction of sp³-hybridized carbons (Fsp3) is 0.0667. The van der Waals surface area contributed by atoms with Crippen molar-refractivity contribution < 1.29 is 4.92 Å². The monoisotopic (exact) mass is 315 g/mol. The highest BCUT2D eigenvalue weighted by molar-refractivity contribution is 6.30. The molecule has 0 unspecified atom stereocenters. The maximum absolute atomic E-state index is 11.9. The van der Waals surface area contributed by atoms with Crippen LogP contribution in [0.1, 0.15) is 5.56 Å². The van der Waals surface area contributed by atoms with E-state index in [0.29, 0.717) is 5.56 Å². The molecule has 0 aliphatic heterocycles. The Kier molecular flexibility index (Phi) is 3.60. The molecule has 3 aromatic rings. The number of rotatable bonds is 3. The Labute approximate surface area is 129 Å². The second-order valence-corrected chi connectivity index (χ2v) is 5.10. The van der Waals surface area contributed by atoms with Crippen LogP contribution < -0.4 is 5.56 Å². The highest BCUT2D eigenvalue weighted by Gasteiger charge is 2.11. The molecule has 0 fully saturated rings. The van der Waals surface area contributed by atoms with E-state index in [2.05, 4.69) is 4.98 Å². The number of nitro groups is 1. The minimum Gasteiger partial charge on any atom is -0.304 e. The lowest BCUT2D eigenvalue weighted by Gasteiger charge is -2.08. The summed E-state index contributed by atoms with van der Waals surface area (Å²) in [6.07, 6.45) is 1.20. The van der Waals surface area contributed by atoms with E-state index in [4.69, 9.17) is 11.6 Å². The molecule has 6 nitrogen and oxygen atoms in total. The minimum absolute atomic E-state index is 0.122. The highest BCUT2D eigenvalue weighted by Crippen LogP contribution is 2.21. The molecule has 0 saturated heterocycles. The average molecular weight is 316 g/mol. The second-order valence-electron chi connectivity index (χ2n) is 4.74. The Morgan fingerprint density at radius 2 is 2.00 bits per heavy atom. The van der Waals surface area contributed by atoms with Crippen molar-refractivity contribution in [2.24, 2.45) is 0 Å². The van der Waals surface area contributed by atoms with Gasteiger partial charge in [0.1, 0.15) is 5.15 Å². The standard InChI is InChI=1S/C15H10ClN3O3/c16-15-11(7-10-3-1-2-4-13(10)17-15)8-18-9-12(19(21)22)5-6-14(18)20/h1-7,9H,8H2. The molecule has 0 aliphatic rings. The van der Waals surface area contributed by atoms with Gasteiger partial charge in [-0.15, -0.1) is 0 Å². The molecule has 2 heterocycles. The van der Waals surface area contributed by atoms with Crippen molar-refractivity contribution in [3.63, 3.8) is 0 Å². The predicted molar refractivity (Wildman–Crippen MR) is 83.2 cm³/mol. The van der Waals surface area contributed by atoms with Gasteiger partial charge in [-0.3, -0.25) is 14.9 Å². The molecule has 0 saturated carbocycles. The molecule has 0 N–H and O–H groups in total. The average Bonchev–Trinajstić information content (AvgIpc) is 2.50. The van der Waals surface area contributed by atoms with Crippen LogP contribution in [0.2, 0.25) is 5.15 Å². The van der Waals surface area contributed by atoms with Crippen LogP contribution in [-0.2, 0) is 6.54 Å². The SMILES string of the molecule is O=c1ccc([N+](=O)[O-])cn1Cc1cc2ccccc2nc1Cl. The first kappa shape index (κ1) is 14.2. The summed E-state index contributed by atoms with van der Waals surface area (Å²) in [6, 6.07) is 11.6. The molecule has 0 spiro atoms. The van der Waals surface area contributed by atoms with Crippen molar-refractivity contribution in [2.75, 3.05) is 0 Å². The van der Waals surface area contributed by atoms with Crippen molar-refractivity contribution in [3.05, 3.63) is 79.8 Å². The number of hydrogen-bond donors (Lipinski definition) is 0. The summed E-state index contributed by atoms with van der Waals surface area (Å²) in [5.41, 5.74) is 0.893. The molecule has 7 heteroatoms. The van der Waals surface area contributed by atoms with Crippen molar-refractivity contribution in [2.45, 2.75) is 6.54 Å². The third-order valence-corrected chi connectivity index (χ3v) is 3.60. The second kappa shape index (κ2) is 5.57. The van der Waals surface area contributed by atoms with Gasteiger partial charge >= 0.3 is 0 Å². The first-order chi connectivity index (χ1) is 10.5. The molecule has 0 atom stereocenters. The first-order valence-electron chi connectivity index (χ1n) is 6.43. The zero-order valence-electron chi connectivity index (χ0n) is 11.3. The smallest absolute Gasteiger partial charge is 0.285 e. The Bertz CT molecular complexity index is 937. The van der Waals surface area contributed by atoms with Crippen LogP contribution in [0.15, 0.2) is 53.5 Å². The predicted octanol–water partition coefficient (Wildman–Crippen LogP) is 3.01. The van der Waals surface area contributed by atoms with E-state index >= 15 is 0 Å². The van der Waals surface area contributed by atoms with Crippen molar-refractivity contribution >= 4 is 28.2 Å². The van der Waals surface area contributed by atoms with Crippen LogP contribution in [0, 0.1) is 10.1 Å². The van der Waals surface area contributed by atoms with Crippen molar-refractivity contribution in [1.82, 2.24) is 9.55 Å². The Morgan fingerprint density at radius 1 is 1.23 bits per heavy atom. The van der Waals surface area contributed by atoms with Gasteiger partial charge in [0, 0.05) is 23.1 Å². The fourth-order valence-corrected chi connectivity index (χ4v) is 2.39. The summed E-state index contributed by atoms with van der Waals surface area (Å²) in [6.45, 7) is 0.122. The zero-order chi connectivity index (χ0) is 15.7. The van der Waals surface area contributed by atoms with Gasteiger partial charge in [0.25, 0.3) is 11.2 Å². The van der Waals surface area contributed by atoms with E-state index in [-0.39, 0.29) is 22.9 Å². The fourth-order valence-electron chi connectivity index (χ4n) is 2.18. The summed E-state index contributed by atoms with van der Waals surface area (Å²) in [5.74, 6) is 0. The molecule has 1 aromatic carbocycles. The number of aromatic nitrogens is 2. The molecular weight excluding hydrogens is 306 g/mol. The third kappa shape index (κ3) is 2.68. The van der Waals surface area contributed by atoms with Crippen molar-refractivity contribution in [1.29, 1.82) is 0 Å². The van der Waals surface area contributed by atoms with Crippen LogP contribution in [0.5, 0.6) is 0 Å².